The van der Waals surface area contributed by atoms with Crippen LogP contribution in [-0.2, 0) is 22.4 Å². The van der Waals surface area contributed by atoms with E-state index in [2.05, 4.69) is 46.5 Å². The van der Waals surface area contributed by atoms with Crippen LogP contribution in [0.5, 0.6) is 0 Å². The lowest BCUT2D eigenvalue weighted by atomic mass is 9.82. The number of rotatable bonds is 10. The number of amidine groups is 1. The molecule has 0 amide bonds. The van der Waals surface area contributed by atoms with Gasteiger partial charge in [0.05, 0.1) is 23.0 Å². The maximum atomic E-state index is 14.4. The molecular formula is C35H44N6O5. The number of aryl methyl sites for hydroxylation is 1. The van der Waals surface area contributed by atoms with Gasteiger partial charge in [0.2, 0.25) is 5.78 Å². The molecule has 3 heterocycles. The van der Waals surface area contributed by atoms with Gasteiger partial charge < -0.3 is 25.1 Å². The zero-order valence-corrected chi connectivity index (χ0v) is 27.2. The van der Waals surface area contributed by atoms with Gasteiger partial charge in [0.1, 0.15) is 6.33 Å². The summed E-state index contributed by atoms with van der Waals surface area (Å²) in [5, 5.41) is 31.5. The largest absolute Gasteiger partial charge is 0.388 e. The highest BCUT2D eigenvalue weighted by atomic mass is 16.7. The van der Waals surface area contributed by atoms with Crippen molar-refractivity contribution >= 4 is 11.6 Å². The van der Waals surface area contributed by atoms with Crippen molar-refractivity contribution in [2.45, 2.75) is 109 Å². The predicted molar refractivity (Wildman–Crippen MR) is 175 cm³/mol. The number of nitrogens with one attached hydrogen (secondary N) is 1. The summed E-state index contributed by atoms with van der Waals surface area (Å²) in [7, 11) is 0. The van der Waals surface area contributed by atoms with E-state index in [9.17, 15) is 15.0 Å². The van der Waals surface area contributed by atoms with Gasteiger partial charge in [-0.05, 0) is 76.5 Å². The number of nitrogens with zero attached hydrogens (tertiary/aromatic N) is 5. The summed E-state index contributed by atoms with van der Waals surface area (Å²) < 4.78 is 10.1. The Labute approximate surface area is 268 Å². The van der Waals surface area contributed by atoms with Crippen LogP contribution < -0.4 is 10.9 Å². The lowest BCUT2D eigenvalue weighted by Crippen LogP contribution is -2.45. The number of benzene rings is 2. The van der Waals surface area contributed by atoms with Crippen LogP contribution in [0.4, 0.5) is 0 Å². The summed E-state index contributed by atoms with van der Waals surface area (Å²) >= 11 is 0. The highest BCUT2D eigenvalue weighted by molar-refractivity contribution is 6.04. The molecule has 0 saturated heterocycles. The topological polar surface area (TPSA) is 136 Å². The molecule has 11 nitrogen and oxygen atoms in total. The molecule has 1 saturated carbocycles. The van der Waals surface area contributed by atoms with E-state index in [0.29, 0.717) is 24.5 Å². The van der Waals surface area contributed by atoms with Gasteiger partial charge in [-0.15, -0.1) is 0 Å². The van der Waals surface area contributed by atoms with Crippen LogP contribution >= 0.6 is 0 Å². The van der Waals surface area contributed by atoms with Crippen molar-refractivity contribution in [2.24, 2.45) is 5.16 Å². The molecule has 4 aromatic rings. The van der Waals surface area contributed by atoms with Crippen molar-refractivity contribution in [1.82, 2.24) is 24.5 Å². The molecule has 0 bridgehead atoms. The van der Waals surface area contributed by atoms with Gasteiger partial charge in [0.25, 0.3) is 5.56 Å². The van der Waals surface area contributed by atoms with E-state index >= 15 is 0 Å². The smallest absolute Gasteiger partial charge is 0.304 e. The first-order chi connectivity index (χ1) is 22.0. The molecule has 0 radical (unpaired) electrons. The maximum absolute atomic E-state index is 14.4. The summed E-state index contributed by atoms with van der Waals surface area (Å²) in [4.78, 5) is 23.9. The van der Waals surface area contributed by atoms with E-state index in [1.54, 1.807) is 13.8 Å². The van der Waals surface area contributed by atoms with Crippen molar-refractivity contribution in [3.8, 4) is 11.1 Å². The first-order valence-electron chi connectivity index (χ1n) is 16.2. The Bertz CT molecular complexity index is 1780. The number of hydrogen-bond acceptors (Lipinski definition) is 9. The molecule has 1 fully saturated rings. The second-order valence-corrected chi connectivity index (χ2v) is 13.4. The van der Waals surface area contributed by atoms with Crippen LogP contribution in [0.2, 0.25) is 0 Å². The molecule has 3 N–H and O–H groups in total. The number of aliphatic hydroxyl groups excluding tert-OH is 1. The van der Waals surface area contributed by atoms with E-state index in [0.717, 1.165) is 65.6 Å². The molecule has 2 aliphatic rings. The third-order valence-electron chi connectivity index (χ3n) is 9.48. The first-order valence-corrected chi connectivity index (χ1v) is 16.2. The molecule has 2 atom stereocenters. The quantitative estimate of drug-likeness (QED) is 0.230. The van der Waals surface area contributed by atoms with Crippen LogP contribution in [-0.4, -0.2) is 58.9 Å². The van der Waals surface area contributed by atoms with Gasteiger partial charge in [0, 0.05) is 23.6 Å². The number of aromatic nitrogens is 4. The summed E-state index contributed by atoms with van der Waals surface area (Å²) in [5.74, 6) is 1.06. The van der Waals surface area contributed by atoms with Gasteiger partial charge in [-0.2, -0.15) is 10.1 Å². The summed E-state index contributed by atoms with van der Waals surface area (Å²) in [6.07, 6.45) is 5.19. The van der Waals surface area contributed by atoms with Crippen molar-refractivity contribution in [3.05, 3.63) is 87.6 Å². The monoisotopic (exact) mass is 628 g/mol. The zero-order valence-electron chi connectivity index (χ0n) is 27.2. The molecule has 2 unspecified atom stereocenters. The Morgan fingerprint density at radius 2 is 1.83 bits per heavy atom. The van der Waals surface area contributed by atoms with Gasteiger partial charge in [-0.1, -0.05) is 67.0 Å². The van der Waals surface area contributed by atoms with Gasteiger partial charge in [0.15, 0.2) is 5.84 Å². The van der Waals surface area contributed by atoms with Crippen molar-refractivity contribution < 1.29 is 19.8 Å². The standard InChI is InChI=1S/C35H44N6O5/c1-6-9-29-28(20-23-12-14-24(15-13-23)26-10-7-8-11-27(26)30-38-33(43)46-39-30)31(42)40(32-36-21-37-41(29)32)25-16-18-35(5,19-17-25)45-22(2)34(3,4)44/h7-8,10-15,21-22,25,33,43-44H,6,9,16-20H2,1-5H3,(H,38,39)/t22?,25-,33?,35-. The van der Waals surface area contributed by atoms with Gasteiger partial charge in [-0.3, -0.25) is 9.36 Å². The predicted octanol–water partition coefficient (Wildman–Crippen LogP) is 4.71. The molecule has 0 spiro atoms. The minimum atomic E-state index is -1.16. The first kappa shape index (κ1) is 31.9. The van der Waals surface area contributed by atoms with Crippen molar-refractivity contribution in [2.75, 3.05) is 0 Å². The minimum absolute atomic E-state index is 0.0124. The summed E-state index contributed by atoms with van der Waals surface area (Å²) in [6, 6.07) is 16.0. The fourth-order valence-electron chi connectivity index (χ4n) is 6.59. The molecule has 6 rings (SSSR count). The minimum Gasteiger partial charge on any atom is -0.388 e. The van der Waals surface area contributed by atoms with Gasteiger partial charge >= 0.3 is 6.41 Å². The van der Waals surface area contributed by atoms with E-state index in [1.165, 1.54) is 6.33 Å². The average Bonchev–Trinajstić information content (AvgIpc) is 3.69. The summed E-state index contributed by atoms with van der Waals surface area (Å²) in [6.45, 7) is 9.66. The molecular weight excluding hydrogens is 584 g/mol. The van der Waals surface area contributed by atoms with E-state index in [-0.39, 0.29) is 23.3 Å². The third kappa shape index (κ3) is 6.31. The molecule has 1 aliphatic heterocycles. The Morgan fingerprint density at radius 1 is 1.13 bits per heavy atom. The highest BCUT2D eigenvalue weighted by Gasteiger charge is 2.38. The second kappa shape index (κ2) is 12.6. The van der Waals surface area contributed by atoms with E-state index < -0.39 is 12.0 Å². The number of hydrogen-bond donors (Lipinski definition) is 3. The van der Waals surface area contributed by atoms with E-state index in [1.807, 2.05) is 52.4 Å². The van der Waals surface area contributed by atoms with Crippen LogP contribution in [0, 0.1) is 0 Å². The van der Waals surface area contributed by atoms with Gasteiger partial charge in [-0.25, -0.2) is 4.52 Å². The average molecular weight is 629 g/mol. The van der Waals surface area contributed by atoms with Crippen LogP contribution in [0.3, 0.4) is 0 Å². The molecule has 244 valence electrons. The van der Waals surface area contributed by atoms with Crippen LogP contribution in [0.25, 0.3) is 16.9 Å². The second-order valence-electron chi connectivity index (χ2n) is 13.4. The Kier molecular flexibility index (Phi) is 8.75. The SMILES string of the molecule is CCCc1c(Cc2ccc(-c3ccccc3C3=NOC(O)N3)cc2)c(=O)n([C@H]2CC[C@](C)(OC(C)C(C)(C)O)CC2)c2ncnn12. The van der Waals surface area contributed by atoms with E-state index in [4.69, 9.17) is 9.57 Å². The number of ether oxygens (including phenoxy) is 1. The maximum Gasteiger partial charge on any atom is 0.304 e. The summed E-state index contributed by atoms with van der Waals surface area (Å²) in [5.41, 5.74) is 4.08. The molecule has 2 aromatic carbocycles. The number of aliphatic hydroxyl groups is 2. The van der Waals surface area contributed by atoms with Crippen LogP contribution in [0.15, 0.2) is 64.8 Å². The zero-order chi connectivity index (χ0) is 32.6. The Balaban J connectivity index is 1.30. The Morgan fingerprint density at radius 3 is 2.46 bits per heavy atom. The number of oxime groups is 1. The number of fused-ring (bicyclic) bond motifs is 1. The van der Waals surface area contributed by atoms with Crippen LogP contribution in [0.1, 0.15) is 95.1 Å². The Hall–Kier alpha value is -4.06. The van der Waals surface area contributed by atoms with Crippen molar-refractivity contribution in [3.63, 3.8) is 0 Å². The normalized spacial score (nSPS) is 22.4. The molecule has 1 aliphatic carbocycles. The lowest BCUT2D eigenvalue weighted by molar-refractivity contribution is -0.163. The molecule has 11 heteroatoms. The molecule has 2 aromatic heterocycles. The highest BCUT2D eigenvalue weighted by Crippen LogP contribution is 2.39. The fourth-order valence-corrected chi connectivity index (χ4v) is 6.59. The lowest BCUT2D eigenvalue weighted by Gasteiger charge is -2.42. The molecule has 46 heavy (non-hydrogen) atoms. The third-order valence-corrected chi connectivity index (χ3v) is 9.48. The van der Waals surface area contributed by atoms with Crippen molar-refractivity contribution in [1.29, 1.82) is 0 Å². The fraction of sp³-hybridized carbons (Fsp3) is 0.486.